The maximum atomic E-state index is 5.41. The Morgan fingerprint density at radius 2 is 2.07 bits per heavy atom. The Bertz CT molecular complexity index is 628. The second-order valence-electron chi connectivity index (χ2n) is 3.26. The zero-order chi connectivity index (χ0) is 10.3. The molecule has 0 saturated carbocycles. The molecule has 0 amide bonds. The van der Waals surface area contributed by atoms with Crippen molar-refractivity contribution in [2.24, 2.45) is 5.84 Å². The van der Waals surface area contributed by atoms with Crippen molar-refractivity contribution in [3.05, 3.63) is 30.6 Å². The van der Waals surface area contributed by atoms with E-state index in [2.05, 4.69) is 20.4 Å². The van der Waals surface area contributed by atoms with Gasteiger partial charge in [-0.15, -0.1) is 0 Å². The number of aromatic amines is 1. The number of fused-ring (bicyclic) bond motifs is 3. The number of aromatic nitrogens is 3. The molecule has 1 aromatic carbocycles. The fourth-order valence-corrected chi connectivity index (χ4v) is 1.78. The van der Waals surface area contributed by atoms with Gasteiger partial charge in [0.05, 0.1) is 5.39 Å². The summed E-state index contributed by atoms with van der Waals surface area (Å²) in [5.41, 5.74) is 4.40. The van der Waals surface area contributed by atoms with Crippen molar-refractivity contribution < 1.29 is 0 Å². The van der Waals surface area contributed by atoms with Crippen LogP contribution in [0.25, 0.3) is 21.9 Å². The molecule has 3 rings (SSSR count). The lowest BCUT2D eigenvalue weighted by atomic mass is 10.2. The Labute approximate surface area is 85.3 Å². The van der Waals surface area contributed by atoms with Gasteiger partial charge in [0.15, 0.2) is 5.82 Å². The van der Waals surface area contributed by atoms with Crippen LogP contribution in [0.15, 0.2) is 30.6 Å². The molecule has 4 N–H and O–H groups in total. The lowest BCUT2D eigenvalue weighted by Crippen LogP contribution is -2.08. The van der Waals surface area contributed by atoms with Gasteiger partial charge in [0.1, 0.15) is 12.0 Å². The van der Waals surface area contributed by atoms with E-state index in [-0.39, 0.29) is 0 Å². The number of nitrogen functional groups attached to an aromatic ring is 1. The Balaban J connectivity index is 2.56. The summed E-state index contributed by atoms with van der Waals surface area (Å²) < 4.78 is 0. The van der Waals surface area contributed by atoms with Crippen LogP contribution in [0, 0.1) is 0 Å². The van der Waals surface area contributed by atoms with E-state index in [1.54, 1.807) is 0 Å². The monoisotopic (exact) mass is 199 g/mol. The van der Waals surface area contributed by atoms with Crippen molar-refractivity contribution in [1.82, 2.24) is 15.0 Å². The Morgan fingerprint density at radius 1 is 1.20 bits per heavy atom. The average Bonchev–Trinajstić information content (AvgIpc) is 2.67. The summed E-state index contributed by atoms with van der Waals surface area (Å²) >= 11 is 0. The van der Waals surface area contributed by atoms with Crippen LogP contribution in [0.4, 0.5) is 5.82 Å². The number of para-hydroxylation sites is 1. The first-order valence-electron chi connectivity index (χ1n) is 4.58. The minimum absolute atomic E-state index is 0.637. The Morgan fingerprint density at radius 3 is 2.93 bits per heavy atom. The van der Waals surface area contributed by atoms with E-state index in [9.17, 15) is 0 Å². The van der Waals surface area contributed by atoms with E-state index in [1.165, 1.54) is 6.33 Å². The van der Waals surface area contributed by atoms with Crippen molar-refractivity contribution in [1.29, 1.82) is 0 Å². The highest BCUT2D eigenvalue weighted by molar-refractivity contribution is 6.10. The van der Waals surface area contributed by atoms with Gasteiger partial charge in [-0.05, 0) is 6.07 Å². The van der Waals surface area contributed by atoms with Gasteiger partial charge in [-0.1, -0.05) is 18.2 Å². The maximum Gasteiger partial charge on any atom is 0.153 e. The molecule has 5 nitrogen and oxygen atoms in total. The van der Waals surface area contributed by atoms with Crippen LogP contribution in [-0.2, 0) is 0 Å². The lowest BCUT2D eigenvalue weighted by Gasteiger charge is -1.99. The maximum absolute atomic E-state index is 5.41. The van der Waals surface area contributed by atoms with Gasteiger partial charge in [0, 0.05) is 10.9 Å². The van der Waals surface area contributed by atoms with Crippen LogP contribution in [0.1, 0.15) is 0 Å². The highest BCUT2D eigenvalue weighted by Crippen LogP contribution is 2.27. The molecule has 5 heteroatoms. The number of hydrazine groups is 1. The molecule has 0 aliphatic rings. The third-order valence-electron chi connectivity index (χ3n) is 2.43. The van der Waals surface area contributed by atoms with Crippen LogP contribution in [0.3, 0.4) is 0 Å². The standard InChI is InChI=1S/C10H9N5/c11-15-10-8-6-3-1-2-4-7(6)14-9(8)12-5-13-10/h1-5H,11H2,(H2,12,13,14,15). The summed E-state index contributed by atoms with van der Waals surface area (Å²) in [5.74, 6) is 6.05. The largest absolute Gasteiger partial charge is 0.339 e. The van der Waals surface area contributed by atoms with Crippen LogP contribution in [0.5, 0.6) is 0 Å². The number of anilines is 1. The van der Waals surface area contributed by atoms with Gasteiger partial charge in [0.25, 0.3) is 0 Å². The third-order valence-corrected chi connectivity index (χ3v) is 2.43. The van der Waals surface area contributed by atoms with Gasteiger partial charge in [-0.25, -0.2) is 15.8 Å². The van der Waals surface area contributed by atoms with Crippen molar-refractivity contribution in [3.63, 3.8) is 0 Å². The van der Waals surface area contributed by atoms with E-state index in [0.29, 0.717) is 5.82 Å². The van der Waals surface area contributed by atoms with Crippen molar-refractivity contribution in [2.45, 2.75) is 0 Å². The number of rotatable bonds is 1. The van der Waals surface area contributed by atoms with Crippen molar-refractivity contribution in [3.8, 4) is 0 Å². The van der Waals surface area contributed by atoms with E-state index in [1.807, 2.05) is 24.3 Å². The summed E-state index contributed by atoms with van der Waals surface area (Å²) in [5, 5.41) is 2.00. The highest BCUT2D eigenvalue weighted by atomic mass is 15.3. The molecule has 0 atom stereocenters. The molecular weight excluding hydrogens is 190 g/mol. The molecule has 0 aliphatic heterocycles. The molecule has 74 valence electrons. The number of hydrogen-bond acceptors (Lipinski definition) is 4. The van der Waals surface area contributed by atoms with E-state index < -0.39 is 0 Å². The second-order valence-corrected chi connectivity index (χ2v) is 3.26. The van der Waals surface area contributed by atoms with Crippen LogP contribution in [0.2, 0.25) is 0 Å². The van der Waals surface area contributed by atoms with Crippen LogP contribution >= 0.6 is 0 Å². The Kier molecular flexibility index (Phi) is 1.60. The summed E-state index contributed by atoms with van der Waals surface area (Å²) in [6.07, 6.45) is 1.48. The summed E-state index contributed by atoms with van der Waals surface area (Å²) in [7, 11) is 0. The van der Waals surface area contributed by atoms with Gasteiger partial charge in [-0.3, -0.25) is 0 Å². The van der Waals surface area contributed by atoms with Gasteiger partial charge in [0.2, 0.25) is 0 Å². The van der Waals surface area contributed by atoms with Crippen molar-refractivity contribution in [2.75, 3.05) is 5.43 Å². The Hall–Kier alpha value is -2.14. The fourth-order valence-electron chi connectivity index (χ4n) is 1.78. The average molecular weight is 199 g/mol. The van der Waals surface area contributed by atoms with Crippen LogP contribution < -0.4 is 11.3 Å². The number of H-pyrrole nitrogens is 1. The van der Waals surface area contributed by atoms with Gasteiger partial charge < -0.3 is 10.4 Å². The smallest absolute Gasteiger partial charge is 0.153 e. The number of benzene rings is 1. The van der Waals surface area contributed by atoms with E-state index >= 15 is 0 Å². The van der Waals surface area contributed by atoms with E-state index in [0.717, 1.165) is 21.9 Å². The number of nitrogens with one attached hydrogen (secondary N) is 2. The first-order chi connectivity index (χ1) is 7.40. The van der Waals surface area contributed by atoms with Crippen molar-refractivity contribution >= 4 is 27.8 Å². The fraction of sp³-hybridized carbons (Fsp3) is 0. The number of hydrogen-bond donors (Lipinski definition) is 3. The number of nitrogens with two attached hydrogens (primary N) is 1. The normalized spacial score (nSPS) is 11.0. The first kappa shape index (κ1) is 8.19. The van der Waals surface area contributed by atoms with Gasteiger partial charge >= 0.3 is 0 Å². The molecule has 0 saturated heterocycles. The third kappa shape index (κ3) is 1.07. The predicted molar refractivity (Wildman–Crippen MR) is 59.2 cm³/mol. The quantitative estimate of drug-likeness (QED) is 0.409. The molecule has 2 aromatic heterocycles. The zero-order valence-electron chi connectivity index (χ0n) is 7.86. The lowest BCUT2D eigenvalue weighted by molar-refractivity contribution is 1.17. The minimum Gasteiger partial charge on any atom is -0.339 e. The van der Waals surface area contributed by atoms with Crippen LogP contribution in [-0.4, -0.2) is 15.0 Å². The molecular formula is C10H9N5. The topological polar surface area (TPSA) is 79.6 Å². The molecule has 2 heterocycles. The summed E-state index contributed by atoms with van der Waals surface area (Å²) in [6, 6.07) is 7.96. The molecule has 0 spiro atoms. The SMILES string of the molecule is NNc1ncnc2[nH]c3ccccc3c12. The van der Waals surface area contributed by atoms with Gasteiger partial charge in [-0.2, -0.15) is 0 Å². The molecule has 0 bridgehead atoms. The molecule has 0 aliphatic carbocycles. The minimum atomic E-state index is 0.637. The molecule has 15 heavy (non-hydrogen) atoms. The summed E-state index contributed by atoms with van der Waals surface area (Å²) in [4.78, 5) is 11.5. The summed E-state index contributed by atoms with van der Waals surface area (Å²) in [6.45, 7) is 0. The highest BCUT2D eigenvalue weighted by Gasteiger charge is 2.08. The van der Waals surface area contributed by atoms with E-state index in [4.69, 9.17) is 5.84 Å². The first-order valence-corrected chi connectivity index (χ1v) is 4.58. The predicted octanol–water partition coefficient (Wildman–Crippen LogP) is 1.40. The second kappa shape index (κ2) is 2.93. The molecule has 0 fully saturated rings. The zero-order valence-corrected chi connectivity index (χ0v) is 7.86. The molecule has 3 aromatic rings. The number of nitrogens with zero attached hydrogens (tertiary/aromatic N) is 2. The molecule has 0 radical (unpaired) electrons. The molecule has 0 unspecified atom stereocenters.